The fourth-order valence-electron chi connectivity index (χ4n) is 3.26. The lowest BCUT2D eigenvalue weighted by molar-refractivity contribution is 0.306. The third-order valence-corrected chi connectivity index (χ3v) is 6.52. The van der Waals surface area contributed by atoms with Crippen molar-refractivity contribution in [1.29, 1.82) is 0 Å². The summed E-state index contributed by atoms with van der Waals surface area (Å²) in [6, 6.07) is 0.456. The monoisotopic (exact) mass is 455 g/mol. The summed E-state index contributed by atoms with van der Waals surface area (Å²) in [5, 5.41) is 6.78. The Hall–Kier alpha value is -0.310. The lowest BCUT2D eigenvalue weighted by Crippen LogP contribution is -2.47. The van der Waals surface area contributed by atoms with Crippen molar-refractivity contribution < 1.29 is 8.42 Å². The molecule has 23 heavy (non-hydrogen) atoms. The number of guanidine groups is 1. The number of sulfone groups is 1. The number of nitrogens with zero attached hydrogens (tertiary/aromatic N) is 1. The average molecular weight is 455 g/mol. The molecular formula is C16H30IN3O2S. The van der Waals surface area contributed by atoms with Crippen LogP contribution in [0.25, 0.3) is 0 Å². The van der Waals surface area contributed by atoms with Crippen LogP contribution in [0.4, 0.5) is 0 Å². The maximum absolute atomic E-state index is 11.5. The summed E-state index contributed by atoms with van der Waals surface area (Å²) in [6.45, 7) is 7.25. The predicted octanol–water partition coefficient (Wildman–Crippen LogP) is 2.34. The van der Waals surface area contributed by atoms with Gasteiger partial charge in [0, 0.05) is 19.1 Å². The smallest absolute Gasteiger partial charge is 0.191 e. The van der Waals surface area contributed by atoms with Gasteiger partial charge in [-0.05, 0) is 31.1 Å². The van der Waals surface area contributed by atoms with Gasteiger partial charge in [-0.15, -0.1) is 30.6 Å². The molecular weight excluding hydrogens is 425 g/mol. The van der Waals surface area contributed by atoms with Crippen LogP contribution in [0.15, 0.2) is 17.6 Å². The quantitative estimate of drug-likeness (QED) is 0.289. The Morgan fingerprint density at radius 3 is 2.65 bits per heavy atom. The van der Waals surface area contributed by atoms with E-state index < -0.39 is 9.84 Å². The largest absolute Gasteiger partial charge is 0.353 e. The minimum atomic E-state index is -2.82. The molecule has 0 aromatic carbocycles. The van der Waals surface area contributed by atoms with Crippen LogP contribution in [0.5, 0.6) is 0 Å². The van der Waals surface area contributed by atoms with Crippen molar-refractivity contribution in [3.63, 3.8) is 0 Å². The molecule has 0 bridgehead atoms. The van der Waals surface area contributed by atoms with E-state index >= 15 is 0 Å². The normalized spacial score (nSPS) is 30.3. The molecule has 3 atom stereocenters. The van der Waals surface area contributed by atoms with Crippen molar-refractivity contribution in [2.45, 2.75) is 45.1 Å². The topological polar surface area (TPSA) is 70.6 Å². The second-order valence-electron chi connectivity index (χ2n) is 6.64. The van der Waals surface area contributed by atoms with Crippen LogP contribution in [0, 0.1) is 11.8 Å². The van der Waals surface area contributed by atoms with E-state index in [2.05, 4.69) is 29.1 Å². The Kier molecular flexibility index (Phi) is 8.89. The molecule has 0 radical (unpaired) electrons. The highest BCUT2D eigenvalue weighted by Crippen LogP contribution is 2.23. The number of halogens is 1. The van der Waals surface area contributed by atoms with Gasteiger partial charge in [-0.25, -0.2) is 8.42 Å². The zero-order valence-electron chi connectivity index (χ0n) is 14.0. The summed E-state index contributed by atoms with van der Waals surface area (Å²) in [5.41, 5.74) is 0. The second-order valence-corrected chi connectivity index (χ2v) is 8.87. The van der Waals surface area contributed by atoms with Crippen molar-refractivity contribution in [3.8, 4) is 0 Å². The molecule has 0 aromatic heterocycles. The first-order valence-corrected chi connectivity index (χ1v) is 10.2. The van der Waals surface area contributed by atoms with Crippen LogP contribution in [0.2, 0.25) is 0 Å². The molecule has 5 nitrogen and oxygen atoms in total. The van der Waals surface area contributed by atoms with Crippen LogP contribution in [0.3, 0.4) is 0 Å². The third-order valence-electron chi connectivity index (χ3n) is 4.68. The molecule has 7 heteroatoms. The first-order chi connectivity index (χ1) is 10.5. The van der Waals surface area contributed by atoms with Crippen molar-refractivity contribution >= 4 is 39.8 Å². The van der Waals surface area contributed by atoms with Gasteiger partial charge in [-0.1, -0.05) is 25.8 Å². The molecule has 1 saturated carbocycles. The fraction of sp³-hybridized carbons (Fsp3) is 0.812. The van der Waals surface area contributed by atoms with E-state index in [-0.39, 0.29) is 35.6 Å². The fourth-order valence-corrected chi connectivity index (χ4v) is 5.11. The Labute approximate surface area is 157 Å². The minimum absolute atomic E-state index is 0. The number of rotatable bonds is 5. The van der Waals surface area contributed by atoms with Gasteiger partial charge in [0.2, 0.25) is 0 Å². The van der Waals surface area contributed by atoms with Gasteiger partial charge >= 0.3 is 0 Å². The highest BCUT2D eigenvalue weighted by Gasteiger charge is 2.28. The molecule has 0 aromatic rings. The summed E-state index contributed by atoms with van der Waals surface area (Å²) < 4.78 is 23.0. The van der Waals surface area contributed by atoms with E-state index in [1.54, 1.807) is 0 Å². The van der Waals surface area contributed by atoms with Gasteiger partial charge in [0.25, 0.3) is 0 Å². The van der Waals surface area contributed by atoms with E-state index in [0.29, 0.717) is 30.8 Å². The molecule has 134 valence electrons. The highest BCUT2D eigenvalue weighted by atomic mass is 127. The third kappa shape index (κ3) is 6.99. The van der Waals surface area contributed by atoms with Crippen LogP contribution in [-0.2, 0) is 9.84 Å². The summed E-state index contributed by atoms with van der Waals surface area (Å²) in [6.07, 6.45) is 7.55. The second kappa shape index (κ2) is 9.86. The Morgan fingerprint density at radius 1 is 1.30 bits per heavy atom. The van der Waals surface area contributed by atoms with E-state index in [1.807, 2.05) is 6.08 Å². The van der Waals surface area contributed by atoms with Crippen molar-refractivity contribution in [1.82, 2.24) is 10.6 Å². The number of aliphatic imine (C=N–C) groups is 1. The zero-order chi connectivity index (χ0) is 16.0. The molecule has 3 unspecified atom stereocenters. The van der Waals surface area contributed by atoms with Crippen molar-refractivity contribution in [2.24, 2.45) is 16.8 Å². The number of hydrogen-bond donors (Lipinski definition) is 2. The first-order valence-electron chi connectivity index (χ1n) is 8.36. The van der Waals surface area contributed by atoms with E-state index in [4.69, 9.17) is 0 Å². The maximum Gasteiger partial charge on any atom is 0.191 e. The molecule has 1 aliphatic heterocycles. The van der Waals surface area contributed by atoms with Gasteiger partial charge in [0.1, 0.15) is 0 Å². The van der Waals surface area contributed by atoms with Crippen LogP contribution in [0.1, 0.15) is 39.0 Å². The average Bonchev–Trinajstić information content (AvgIpc) is 2.83. The molecule has 2 rings (SSSR count). The Bertz CT molecular complexity index is 507. The van der Waals surface area contributed by atoms with Crippen LogP contribution in [-0.4, -0.2) is 45.0 Å². The lowest BCUT2D eigenvalue weighted by Gasteiger charge is -2.31. The Morgan fingerprint density at radius 2 is 2.04 bits per heavy atom. The van der Waals surface area contributed by atoms with Gasteiger partial charge < -0.3 is 10.6 Å². The molecule has 1 aliphatic carbocycles. The van der Waals surface area contributed by atoms with Crippen LogP contribution < -0.4 is 10.6 Å². The maximum atomic E-state index is 11.5. The number of nitrogens with one attached hydrogen (secondary N) is 2. The molecule has 1 heterocycles. The summed E-state index contributed by atoms with van der Waals surface area (Å²) in [4.78, 5) is 4.62. The number of hydrogen-bond acceptors (Lipinski definition) is 3. The summed E-state index contributed by atoms with van der Waals surface area (Å²) in [5.74, 6) is 2.20. The van der Waals surface area contributed by atoms with E-state index in [0.717, 1.165) is 12.4 Å². The molecule has 2 aliphatic rings. The lowest BCUT2D eigenvalue weighted by atomic mass is 9.86. The SMILES string of the molecule is C=CCNC(=NCC1CCS(=O)(=O)C1)NC1CCCCC1C.I. The van der Waals surface area contributed by atoms with Crippen LogP contribution >= 0.6 is 24.0 Å². The standard InChI is InChI=1S/C16H29N3O2S.HI/c1-3-9-17-16(19-15-7-5-4-6-13(15)2)18-11-14-8-10-22(20,21)12-14;/h3,13-15H,1,4-12H2,2H3,(H2,17,18,19);1H. The zero-order valence-corrected chi connectivity index (χ0v) is 17.1. The first kappa shape index (κ1) is 20.7. The predicted molar refractivity (Wildman–Crippen MR) is 107 cm³/mol. The van der Waals surface area contributed by atoms with E-state index in [1.165, 1.54) is 25.7 Å². The minimum Gasteiger partial charge on any atom is -0.353 e. The molecule has 2 N–H and O–H groups in total. The van der Waals surface area contributed by atoms with Crippen molar-refractivity contribution in [2.75, 3.05) is 24.6 Å². The highest BCUT2D eigenvalue weighted by molar-refractivity contribution is 14.0. The molecule has 0 amide bonds. The van der Waals surface area contributed by atoms with E-state index in [9.17, 15) is 8.42 Å². The summed E-state index contributed by atoms with van der Waals surface area (Å²) in [7, 11) is -2.82. The Balaban J connectivity index is 0.00000264. The van der Waals surface area contributed by atoms with Gasteiger partial charge in [-0.2, -0.15) is 0 Å². The molecule has 2 fully saturated rings. The van der Waals surface area contributed by atoms with Gasteiger partial charge in [0.15, 0.2) is 15.8 Å². The summed E-state index contributed by atoms with van der Waals surface area (Å²) >= 11 is 0. The van der Waals surface area contributed by atoms with Gasteiger partial charge in [0.05, 0.1) is 11.5 Å². The molecule has 0 spiro atoms. The van der Waals surface area contributed by atoms with Gasteiger partial charge in [-0.3, -0.25) is 4.99 Å². The molecule has 1 saturated heterocycles. The van der Waals surface area contributed by atoms with Crippen molar-refractivity contribution in [3.05, 3.63) is 12.7 Å².